The zero-order valence-corrected chi connectivity index (χ0v) is 9.68. The van der Waals surface area contributed by atoms with Crippen LogP contribution in [0.25, 0.3) is 0 Å². The largest absolute Gasteiger partial charge is 0.508 e. The van der Waals surface area contributed by atoms with Crippen molar-refractivity contribution in [2.24, 2.45) is 0 Å². The maximum atomic E-state index is 12.3. The average Bonchev–Trinajstić information content (AvgIpc) is 2.80. The molecule has 1 amide bonds. The van der Waals surface area contributed by atoms with E-state index in [-0.39, 0.29) is 17.7 Å². The van der Waals surface area contributed by atoms with Crippen LogP contribution >= 0.6 is 0 Å². The van der Waals surface area contributed by atoms with Crippen molar-refractivity contribution in [1.82, 2.24) is 4.90 Å². The summed E-state index contributed by atoms with van der Waals surface area (Å²) in [6, 6.07) is 6.70. The van der Waals surface area contributed by atoms with Crippen molar-refractivity contribution in [1.29, 1.82) is 5.26 Å². The topological polar surface area (TPSA) is 64.3 Å². The van der Waals surface area contributed by atoms with Crippen molar-refractivity contribution in [2.45, 2.75) is 25.8 Å². The quantitative estimate of drug-likeness (QED) is 0.800. The van der Waals surface area contributed by atoms with Gasteiger partial charge < -0.3 is 10.0 Å². The lowest BCUT2D eigenvalue weighted by Crippen LogP contribution is -2.34. The van der Waals surface area contributed by atoms with Gasteiger partial charge in [0.1, 0.15) is 11.8 Å². The number of carbonyl (C=O) groups excluding carboxylic acids is 1. The minimum atomic E-state index is -0.329. The van der Waals surface area contributed by atoms with E-state index < -0.39 is 0 Å². The van der Waals surface area contributed by atoms with Crippen LogP contribution in [0.3, 0.4) is 0 Å². The van der Waals surface area contributed by atoms with Crippen LogP contribution in [0.4, 0.5) is 0 Å². The van der Waals surface area contributed by atoms with Crippen molar-refractivity contribution >= 4 is 5.91 Å². The molecule has 1 atom stereocenters. The first-order valence-corrected chi connectivity index (χ1v) is 5.64. The molecule has 0 bridgehead atoms. The number of hydrogen-bond donors (Lipinski definition) is 1. The molecule has 1 unspecified atom stereocenters. The van der Waals surface area contributed by atoms with Gasteiger partial charge in [-0.25, -0.2) is 0 Å². The molecule has 1 aliphatic rings. The fourth-order valence-electron chi connectivity index (χ4n) is 2.15. The van der Waals surface area contributed by atoms with E-state index in [1.807, 2.05) is 0 Å². The number of rotatable bonds is 1. The molecule has 1 saturated heterocycles. The molecule has 0 radical (unpaired) electrons. The predicted molar refractivity (Wildman–Crippen MR) is 62.5 cm³/mol. The highest BCUT2D eigenvalue weighted by Gasteiger charge is 2.30. The molecule has 4 heteroatoms. The Kier molecular flexibility index (Phi) is 3.01. The van der Waals surface area contributed by atoms with E-state index in [1.54, 1.807) is 30.0 Å². The number of benzene rings is 1. The van der Waals surface area contributed by atoms with Crippen molar-refractivity contribution in [2.75, 3.05) is 6.54 Å². The third kappa shape index (κ3) is 1.96. The summed E-state index contributed by atoms with van der Waals surface area (Å²) in [6.45, 7) is 2.33. The first kappa shape index (κ1) is 11.5. The highest BCUT2D eigenvalue weighted by Crippen LogP contribution is 2.24. The molecule has 1 aromatic rings. The fourth-order valence-corrected chi connectivity index (χ4v) is 2.15. The number of amides is 1. The van der Waals surface area contributed by atoms with Crippen LogP contribution in [0, 0.1) is 18.3 Å². The number of phenolic OH excluding ortho intramolecular Hbond substituents is 1. The van der Waals surface area contributed by atoms with Gasteiger partial charge in [-0.1, -0.05) is 6.07 Å². The lowest BCUT2D eigenvalue weighted by molar-refractivity contribution is 0.0763. The summed E-state index contributed by atoms with van der Waals surface area (Å²) < 4.78 is 0. The molecule has 0 aromatic heterocycles. The van der Waals surface area contributed by atoms with E-state index >= 15 is 0 Å². The first-order chi connectivity index (χ1) is 8.15. The van der Waals surface area contributed by atoms with Crippen LogP contribution in [0.15, 0.2) is 18.2 Å². The second-order valence-electron chi connectivity index (χ2n) is 4.24. The van der Waals surface area contributed by atoms with Gasteiger partial charge in [-0.15, -0.1) is 0 Å². The fraction of sp³-hybridized carbons (Fsp3) is 0.385. The molecule has 1 heterocycles. The van der Waals surface area contributed by atoms with Crippen LogP contribution in [0.2, 0.25) is 0 Å². The van der Waals surface area contributed by atoms with Crippen molar-refractivity contribution in [3.8, 4) is 11.8 Å². The zero-order chi connectivity index (χ0) is 12.4. The molecule has 1 N–H and O–H groups in total. The molecule has 1 fully saturated rings. The molecule has 4 nitrogen and oxygen atoms in total. The van der Waals surface area contributed by atoms with Gasteiger partial charge >= 0.3 is 0 Å². The number of aromatic hydroxyl groups is 1. The van der Waals surface area contributed by atoms with Crippen LogP contribution in [0.5, 0.6) is 5.75 Å². The number of phenols is 1. The second kappa shape index (κ2) is 4.46. The van der Waals surface area contributed by atoms with Crippen LogP contribution in [0.1, 0.15) is 28.8 Å². The summed E-state index contributed by atoms with van der Waals surface area (Å²) in [6.07, 6.45) is 1.60. The van der Waals surface area contributed by atoms with E-state index in [2.05, 4.69) is 6.07 Å². The van der Waals surface area contributed by atoms with Crippen molar-refractivity contribution in [3.63, 3.8) is 0 Å². The Hall–Kier alpha value is -2.02. The molecule has 0 saturated carbocycles. The third-order valence-electron chi connectivity index (χ3n) is 3.20. The Morgan fingerprint density at radius 1 is 1.59 bits per heavy atom. The Balaban J connectivity index is 2.32. The van der Waals surface area contributed by atoms with Crippen LogP contribution in [-0.4, -0.2) is 28.5 Å². The number of likely N-dealkylation sites (tertiary alicyclic amines) is 1. The van der Waals surface area contributed by atoms with E-state index in [0.29, 0.717) is 17.7 Å². The van der Waals surface area contributed by atoms with Gasteiger partial charge in [0.05, 0.1) is 6.07 Å². The normalized spacial score (nSPS) is 19.1. The van der Waals surface area contributed by atoms with Gasteiger partial charge in [0, 0.05) is 17.7 Å². The average molecular weight is 230 g/mol. The molecular formula is C13H14N2O2. The van der Waals surface area contributed by atoms with Gasteiger partial charge in [0.2, 0.25) is 0 Å². The van der Waals surface area contributed by atoms with Gasteiger partial charge in [-0.05, 0) is 31.9 Å². The maximum absolute atomic E-state index is 12.3. The molecular weight excluding hydrogens is 216 g/mol. The number of nitrogens with zero attached hydrogens (tertiary/aromatic N) is 2. The summed E-state index contributed by atoms with van der Waals surface area (Å²) in [5.74, 6) is -0.0500. The lowest BCUT2D eigenvalue weighted by Gasteiger charge is -2.20. The predicted octanol–water partition coefficient (Wildman–Crippen LogP) is 1.83. The zero-order valence-electron chi connectivity index (χ0n) is 9.68. The Bertz CT molecular complexity index is 491. The van der Waals surface area contributed by atoms with Gasteiger partial charge in [-0.3, -0.25) is 4.79 Å². The molecule has 0 spiro atoms. The monoisotopic (exact) mass is 230 g/mol. The second-order valence-corrected chi connectivity index (χ2v) is 4.24. The molecule has 88 valence electrons. The van der Waals surface area contributed by atoms with Gasteiger partial charge in [0.25, 0.3) is 5.91 Å². The number of hydrogen-bond acceptors (Lipinski definition) is 3. The van der Waals surface area contributed by atoms with Crippen molar-refractivity contribution in [3.05, 3.63) is 29.3 Å². The highest BCUT2D eigenvalue weighted by molar-refractivity contribution is 5.96. The summed E-state index contributed by atoms with van der Waals surface area (Å²) >= 11 is 0. The highest BCUT2D eigenvalue weighted by atomic mass is 16.3. The molecule has 1 aromatic carbocycles. The molecule has 0 aliphatic carbocycles. The van der Waals surface area contributed by atoms with Gasteiger partial charge in [0.15, 0.2) is 0 Å². The lowest BCUT2D eigenvalue weighted by atomic mass is 10.1. The van der Waals surface area contributed by atoms with E-state index in [0.717, 1.165) is 12.8 Å². The van der Waals surface area contributed by atoms with Gasteiger partial charge in [-0.2, -0.15) is 5.26 Å². The summed E-state index contributed by atoms with van der Waals surface area (Å²) in [4.78, 5) is 13.8. The van der Waals surface area contributed by atoms with Crippen molar-refractivity contribution < 1.29 is 9.90 Å². The first-order valence-electron chi connectivity index (χ1n) is 5.64. The Morgan fingerprint density at radius 2 is 2.35 bits per heavy atom. The SMILES string of the molecule is Cc1c(O)cccc1C(=O)N1CCCC1C#N. The standard InChI is InChI=1S/C13H14N2O2/c1-9-11(5-2-6-12(9)16)13(17)15-7-3-4-10(15)8-14/h2,5-6,10,16H,3-4,7H2,1H3. The minimum Gasteiger partial charge on any atom is -0.508 e. The summed E-state index contributed by atoms with van der Waals surface area (Å²) in [7, 11) is 0. The molecule has 2 rings (SSSR count). The number of nitriles is 1. The molecule has 1 aliphatic heterocycles. The van der Waals surface area contributed by atoms with E-state index in [1.165, 1.54) is 0 Å². The van der Waals surface area contributed by atoms with Crippen LogP contribution in [-0.2, 0) is 0 Å². The molecule has 17 heavy (non-hydrogen) atoms. The van der Waals surface area contributed by atoms with E-state index in [9.17, 15) is 9.90 Å². The van der Waals surface area contributed by atoms with E-state index in [4.69, 9.17) is 5.26 Å². The number of carbonyl (C=O) groups is 1. The summed E-state index contributed by atoms with van der Waals surface area (Å²) in [5, 5.41) is 18.5. The smallest absolute Gasteiger partial charge is 0.255 e. The Labute approximate surface area is 100 Å². The minimum absolute atomic E-state index is 0.114. The third-order valence-corrected chi connectivity index (χ3v) is 3.20. The maximum Gasteiger partial charge on any atom is 0.255 e. The summed E-state index contributed by atoms with van der Waals surface area (Å²) in [5.41, 5.74) is 1.05. The van der Waals surface area contributed by atoms with Crippen LogP contribution < -0.4 is 0 Å². The Morgan fingerprint density at radius 3 is 3.06 bits per heavy atom.